The summed E-state index contributed by atoms with van der Waals surface area (Å²) in [4.78, 5) is 5.05. The summed E-state index contributed by atoms with van der Waals surface area (Å²) in [5.74, 6) is 0. The van der Waals surface area contributed by atoms with E-state index in [2.05, 4.69) is 35.9 Å². The Balaban J connectivity index is 2.49. The molecule has 4 nitrogen and oxygen atoms in total. The number of hydrogen-bond donors (Lipinski definition) is 2. The van der Waals surface area contributed by atoms with Gasteiger partial charge in [0.2, 0.25) is 0 Å². The highest BCUT2D eigenvalue weighted by molar-refractivity contribution is 4.84. The van der Waals surface area contributed by atoms with Crippen LogP contribution in [-0.4, -0.2) is 73.9 Å². The van der Waals surface area contributed by atoms with E-state index >= 15 is 0 Å². The van der Waals surface area contributed by atoms with Crippen LogP contribution in [0.25, 0.3) is 0 Å². The molecule has 0 aromatic rings. The summed E-state index contributed by atoms with van der Waals surface area (Å²) < 4.78 is 0. The van der Waals surface area contributed by atoms with Crippen molar-refractivity contribution in [3.8, 4) is 0 Å². The van der Waals surface area contributed by atoms with Crippen molar-refractivity contribution in [2.45, 2.75) is 46.5 Å². The van der Waals surface area contributed by atoms with E-state index in [0.29, 0.717) is 5.41 Å². The zero-order chi connectivity index (χ0) is 15.6. The second kappa shape index (κ2) is 10.5. The fourth-order valence-electron chi connectivity index (χ4n) is 3.33. The highest BCUT2D eigenvalue weighted by atomic mass is 16.3. The summed E-state index contributed by atoms with van der Waals surface area (Å²) >= 11 is 0. The van der Waals surface area contributed by atoms with Crippen LogP contribution in [0.1, 0.15) is 46.5 Å². The minimum atomic E-state index is 0.287. The molecule has 126 valence electrons. The molecule has 0 aromatic carbocycles. The summed E-state index contributed by atoms with van der Waals surface area (Å²) in [5, 5.41) is 12.7. The van der Waals surface area contributed by atoms with Gasteiger partial charge in [-0.3, -0.25) is 4.90 Å². The van der Waals surface area contributed by atoms with Crippen LogP contribution >= 0.6 is 0 Å². The molecule has 21 heavy (non-hydrogen) atoms. The fraction of sp³-hybridized carbons (Fsp3) is 1.00. The Bertz CT molecular complexity index is 256. The third-order valence-electron chi connectivity index (χ3n) is 5.08. The summed E-state index contributed by atoms with van der Waals surface area (Å²) in [6, 6.07) is 0. The Morgan fingerprint density at radius 1 is 1.00 bits per heavy atom. The molecular formula is C17H37N3O. The van der Waals surface area contributed by atoms with Gasteiger partial charge in [0.25, 0.3) is 0 Å². The van der Waals surface area contributed by atoms with Crippen LogP contribution in [0.4, 0.5) is 0 Å². The van der Waals surface area contributed by atoms with Crippen molar-refractivity contribution in [3.63, 3.8) is 0 Å². The number of aliphatic hydroxyl groups excluding tert-OH is 1. The van der Waals surface area contributed by atoms with Gasteiger partial charge < -0.3 is 15.3 Å². The largest absolute Gasteiger partial charge is 0.395 e. The molecule has 2 N–H and O–H groups in total. The number of β-amino-alcohol motifs (C(OH)–C–C–N with tert-alkyl or cyclic N) is 1. The minimum Gasteiger partial charge on any atom is -0.395 e. The van der Waals surface area contributed by atoms with Crippen LogP contribution in [0, 0.1) is 5.41 Å². The molecule has 0 atom stereocenters. The van der Waals surface area contributed by atoms with Crippen molar-refractivity contribution >= 4 is 0 Å². The number of aliphatic hydroxyl groups is 1. The molecule has 0 aromatic heterocycles. The third-order valence-corrected chi connectivity index (χ3v) is 5.08. The van der Waals surface area contributed by atoms with Gasteiger partial charge in [0.15, 0.2) is 0 Å². The topological polar surface area (TPSA) is 38.7 Å². The second-order valence-corrected chi connectivity index (χ2v) is 6.58. The summed E-state index contributed by atoms with van der Waals surface area (Å²) in [5.41, 5.74) is 0.418. The molecule has 0 saturated carbocycles. The second-order valence-electron chi connectivity index (χ2n) is 6.58. The maximum Gasteiger partial charge on any atom is 0.0558 e. The zero-order valence-electron chi connectivity index (χ0n) is 14.5. The van der Waals surface area contributed by atoms with Gasteiger partial charge in [-0.2, -0.15) is 0 Å². The number of nitrogens with zero attached hydrogens (tertiary/aromatic N) is 2. The first-order valence-electron chi connectivity index (χ1n) is 8.96. The molecule has 0 spiro atoms. The van der Waals surface area contributed by atoms with Gasteiger partial charge in [0.05, 0.1) is 6.61 Å². The van der Waals surface area contributed by atoms with Gasteiger partial charge in [-0.25, -0.2) is 0 Å². The van der Waals surface area contributed by atoms with Crippen molar-refractivity contribution in [2.24, 2.45) is 5.41 Å². The van der Waals surface area contributed by atoms with E-state index in [1.54, 1.807) is 0 Å². The Labute approximate surface area is 131 Å². The molecule has 1 fully saturated rings. The SMILES string of the molecule is CCCNCC(CC)(CC)CN1CCCN(CCO)CC1. The van der Waals surface area contributed by atoms with Crippen molar-refractivity contribution < 1.29 is 5.11 Å². The van der Waals surface area contributed by atoms with Crippen molar-refractivity contribution in [1.82, 2.24) is 15.1 Å². The summed E-state index contributed by atoms with van der Waals surface area (Å²) in [6.07, 6.45) is 4.93. The average Bonchev–Trinajstić information content (AvgIpc) is 2.72. The van der Waals surface area contributed by atoms with Crippen LogP contribution in [0.3, 0.4) is 0 Å². The van der Waals surface area contributed by atoms with Crippen molar-refractivity contribution in [3.05, 3.63) is 0 Å². The molecule has 1 aliphatic rings. The standard InChI is InChI=1S/C17H37N3O/c1-4-8-18-15-17(5-2,6-3)16-20-10-7-9-19(11-12-20)13-14-21/h18,21H,4-16H2,1-3H3. The highest BCUT2D eigenvalue weighted by Gasteiger charge is 2.29. The van der Waals surface area contributed by atoms with Crippen LogP contribution in [0.5, 0.6) is 0 Å². The number of rotatable bonds is 10. The highest BCUT2D eigenvalue weighted by Crippen LogP contribution is 2.27. The lowest BCUT2D eigenvalue weighted by atomic mass is 9.81. The van der Waals surface area contributed by atoms with Gasteiger partial charge in [-0.1, -0.05) is 20.8 Å². The van der Waals surface area contributed by atoms with E-state index in [4.69, 9.17) is 5.11 Å². The fourth-order valence-corrected chi connectivity index (χ4v) is 3.33. The van der Waals surface area contributed by atoms with Crippen molar-refractivity contribution in [2.75, 3.05) is 59.0 Å². The monoisotopic (exact) mass is 299 g/mol. The molecule has 4 heteroatoms. The van der Waals surface area contributed by atoms with E-state index in [9.17, 15) is 0 Å². The molecule has 1 saturated heterocycles. The molecular weight excluding hydrogens is 262 g/mol. The first-order valence-corrected chi connectivity index (χ1v) is 8.96. The maximum atomic E-state index is 9.10. The van der Waals surface area contributed by atoms with Gasteiger partial charge in [0.1, 0.15) is 0 Å². The van der Waals surface area contributed by atoms with E-state index in [1.165, 1.54) is 38.8 Å². The lowest BCUT2D eigenvalue weighted by molar-refractivity contribution is 0.134. The van der Waals surface area contributed by atoms with E-state index in [0.717, 1.165) is 39.3 Å². The summed E-state index contributed by atoms with van der Waals surface area (Å²) in [6.45, 7) is 16.1. The van der Waals surface area contributed by atoms with Crippen LogP contribution < -0.4 is 5.32 Å². The predicted molar refractivity (Wildman–Crippen MR) is 90.8 cm³/mol. The zero-order valence-corrected chi connectivity index (χ0v) is 14.5. The lowest BCUT2D eigenvalue weighted by Crippen LogP contribution is -2.45. The normalized spacial score (nSPS) is 18.9. The van der Waals surface area contributed by atoms with Crippen molar-refractivity contribution in [1.29, 1.82) is 0 Å². The third kappa shape index (κ3) is 6.64. The smallest absolute Gasteiger partial charge is 0.0558 e. The van der Waals surface area contributed by atoms with Crippen LogP contribution in [0.2, 0.25) is 0 Å². The Morgan fingerprint density at radius 2 is 1.67 bits per heavy atom. The lowest BCUT2D eigenvalue weighted by Gasteiger charge is -2.37. The van der Waals surface area contributed by atoms with Gasteiger partial charge in [0, 0.05) is 32.7 Å². The molecule has 0 amide bonds. The molecule has 0 unspecified atom stereocenters. The van der Waals surface area contributed by atoms with Gasteiger partial charge in [-0.05, 0) is 50.7 Å². The Morgan fingerprint density at radius 3 is 2.29 bits per heavy atom. The molecule has 1 aliphatic heterocycles. The maximum absolute atomic E-state index is 9.10. The number of nitrogens with one attached hydrogen (secondary N) is 1. The van der Waals surface area contributed by atoms with Crippen LogP contribution in [-0.2, 0) is 0 Å². The number of hydrogen-bond acceptors (Lipinski definition) is 4. The molecule has 0 radical (unpaired) electrons. The summed E-state index contributed by atoms with van der Waals surface area (Å²) in [7, 11) is 0. The molecule has 1 heterocycles. The Hall–Kier alpha value is -0.160. The van der Waals surface area contributed by atoms with E-state index in [1.807, 2.05) is 0 Å². The minimum absolute atomic E-state index is 0.287. The molecule has 0 bridgehead atoms. The van der Waals surface area contributed by atoms with Gasteiger partial charge >= 0.3 is 0 Å². The quantitative estimate of drug-likeness (QED) is 0.603. The first kappa shape index (κ1) is 18.9. The average molecular weight is 300 g/mol. The van der Waals surface area contributed by atoms with Gasteiger partial charge in [-0.15, -0.1) is 0 Å². The molecule has 0 aliphatic carbocycles. The van der Waals surface area contributed by atoms with Crippen LogP contribution in [0.15, 0.2) is 0 Å². The molecule has 1 rings (SSSR count). The predicted octanol–water partition coefficient (Wildman–Crippen LogP) is 1.79. The van der Waals surface area contributed by atoms with E-state index < -0.39 is 0 Å². The first-order chi connectivity index (χ1) is 10.2. The van der Waals surface area contributed by atoms with E-state index in [-0.39, 0.29) is 6.61 Å². The Kier molecular flexibility index (Phi) is 9.49.